The smallest absolute Gasteiger partial charge is 0.211 e. The predicted octanol–water partition coefficient (Wildman–Crippen LogP) is 2.46. The number of amides is 1. The molecule has 0 unspecified atom stereocenters. The molecule has 1 amide bonds. The van der Waals surface area contributed by atoms with Crippen LogP contribution in [0.1, 0.15) is 0 Å². The molecule has 6 heteroatoms. The maximum atomic E-state index is 10.3. The van der Waals surface area contributed by atoms with Crippen molar-refractivity contribution < 1.29 is 13.9 Å². The molecular weight excluding hydrogens is 252 g/mol. The molecule has 0 saturated carbocycles. The highest BCUT2D eigenvalue weighted by molar-refractivity contribution is 7.79. The number of oxazole rings is 1. The van der Waals surface area contributed by atoms with Gasteiger partial charge in [0.15, 0.2) is 12.2 Å². The normalized spacial score (nSPS) is 9.06. The number of carbonyl (C=O) groups excluding carboxylic acids is 1. The number of benzene rings is 1. The highest BCUT2D eigenvalue weighted by Gasteiger charge is 2.09. The van der Waals surface area contributed by atoms with Crippen LogP contribution in [0, 0.1) is 0 Å². The molecular formula is C12H14N2O3S. The molecule has 1 aromatic carbocycles. The first kappa shape index (κ1) is 14.1. The topological polar surface area (TPSA) is 64.4 Å². The van der Waals surface area contributed by atoms with E-state index in [4.69, 9.17) is 9.15 Å². The fourth-order valence-electron chi connectivity index (χ4n) is 1.40. The molecule has 0 atom stereocenters. The Kier molecular flexibility index (Phi) is 5.79. The molecule has 1 heterocycles. The van der Waals surface area contributed by atoms with E-state index >= 15 is 0 Å². The summed E-state index contributed by atoms with van der Waals surface area (Å²) < 4.78 is 10.4. The standard InChI is InChI=1S/C11H10N2O3.CH4S/c1-15-10-4-8(13-6-14)2-3-9(10)11-5-12-7-16-11;1-2/h2-7H,1H3,(H,13,14);2H,1H3. The van der Waals surface area contributed by atoms with Gasteiger partial charge in [0.2, 0.25) is 6.41 Å². The summed E-state index contributed by atoms with van der Waals surface area (Å²) in [4.78, 5) is 14.1. The Bertz CT molecular complexity index is 486. The van der Waals surface area contributed by atoms with Crippen LogP contribution in [0.4, 0.5) is 5.69 Å². The average Bonchev–Trinajstić information content (AvgIpc) is 2.95. The zero-order valence-corrected chi connectivity index (χ0v) is 11.0. The third kappa shape index (κ3) is 3.27. The lowest BCUT2D eigenvalue weighted by molar-refractivity contribution is -0.105. The summed E-state index contributed by atoms with van der Waals surface area (Å²) in [5, 5.41) is 2.55. The van der Waals surface area contributed by atoms with Gasteiger partial charge in [0.1, 0.15) is 5.75 Å². The molecule has 0 aliphatic rings. The highest BCUT2D eigenvalue weighted by Crippen LogP contribution is 2.31. The number of ether oxygens (including phenoxy) is 1. The summed E-state index contributed by atoms with van der Waals surface area (Å²) in [6.45, 7) is 0. The summed E-state index contributed by atoms with van der Waals surface area (Å²) in [5.74, 6) is 1.23. The van der Waals surface area contributed by atoms with E-state index in [1.54, 1.807) is 37.8 Å². The second-order valence-corrected chi connectivity index (χ2v) is 3.04. The number of methoxy groups -OCH3 is 1. The molecule has 5 nitrogen and oxygen atoms in total. The van der Waals surface area contributed by atoms with Gasteiger partial charge in [-0.15, -0.1) is 0 Å². The van der Waals surface area contributed by atoms with Crippen LogP contribution in [-0.4, -0.2) is 24.8 Å². The Morgan fingerprint density at radius 1 is 1.44 bits per heavy atom. The van der Waals surface area contributed by atoms with E-state index in [1.165, 1.54) is 6.39 Å². The first-order valence-corrected chi connectivity index (χ1v) is 5.96. The number of rotatable bonds is 4. The van der Waals surface area contributed by atoms with Gasteiger partial charge in [0, 0.05) is 11.8 Å². The number of thiol groups is 1. The van der Waals surface area contributed by atoms with E-state index in [2.05, 4.69) is 22.9 Å². The largest absolute Gasteiger partial charge is 0.496 e. The number of nitrogens with zero attached hydrogens (tertiary/aromatic N) is 1. The Balaban J connectivity index is 0.000000771. The minimum Gasteiger partial charge on any atom is -0.496 e. The van der Waals surface area contributed by atoms with Crippen LogP contribution >= 0.6 is 12.6 Å². The molecule has 0 spiro atoms. The van der Waals surface area contributed by atoms with Gasteiger partial charge in [-0.2, -0.15) is 12.6 Å². The quantitative estimate of drug-likeness (QED) is 0.659. The summed E-state index contributed by atoms with van der Waals surface area (Å²) in [7, 11) is 1.56. The Morgan fingerprint density at radius 3 is 2.78 bits per heavy atom. The van der Waals surface area contributed by atoms with Crippen molar-refractivity contribution in [2.75, 3.05) is 18.7 Å². The molecule has 18 heavy (non-hydrogen) atoms. The molecule has 0 fully saturated rings. The van der Waals surface area contributed by atoms with Crippen LogP contribution < -0.4 is 10.1 Å². The van der Waals surface area contributed by atoms with Gasteiger partial charge in [-0.1, -0.05) is 0 Å². The minimum absolute atomic E-state index is 0.614. The Hall–Kier alpha value is -1.95. The maximum Gasteiger partial charge on any atom is 0.211 e. The maximum absolute atomic E-state index is 10.3. The number of hydrogen-bond donors (Lipinski definition) is 2. The van der Waals surface area contributed by atoms with Crippen LogP contribution in [0.15, 0.2) is 35.2 Å². The molecule has 0 bridgehead atoms. The molecule has 1 N–H and O–H groups in total. The van der Waals surface area contributed by atoms with E-state index in [-0.39, 0.29) is 0 Å². The van der Waals surface area contributed by atoms with E-state index in [9.17, 15) is 4.79 Å². The van der Waals surface area contributed by atoms with Crippen LogP contribution in [0.25, 0.3) is 11.3 Å². The van der Waals surface area contributed by atoms with Gasteiger partial charge in [-0.05, 0) is 18.4 Å². The van der Waals surface area contributed by atoms with Crippen molar-refractivity contribution in [3.63, 3.8) is 0 Å². The van der Waals surface area contributed by atoms with Gasteiger partial charge in [-0.3, -0.25) is 4.79 Å². The number of aromatic nitrogens is 1. The molecule has 1 aromatic heterocycles. The number of anilines is 1. The lowest BCUT2D eigenvalue weighted by Crippen LogP contribution is -1.95. The fraction of sp³-hybridized carbons (Fsp3) is 0.167. The summed E-state index contributed by atoms with van der Waals surface area (Å²) in [5.41, 5.74) is 1.45. The first-order chi connectivity index (χ1) is 8.85. The number of hydrogen-bond acceptors (Lipinski definition) is 5. The van der Waals surface area contributed by atoms with Crippen LogP contribution in [0.2, 0.25) is 0 Å². The van der Waals surface area contributed by atoms with Gasteiger partial charge >= 0.3 is 0 Å². The Labute approximate surface area is 111 Å². The third-order valence-corrected chi connectivity index (χ3v) is 2.12. The highest BCUT2D eigenvalue weighted by atomic mass is 32.1. The first-order valence-electron chi connectivity index (χ1n) is 5.07. The fourth-order valence-corrected chi connectivity index (χ4v) is 1.40. The molecule has 0 radical (unpaired) electrons. The van der Waals surface area contributed by atoms with E-state index < -0.39 is 0 Å². The number of carbonyl (C=O) groups is 1. The lowest BCUT2D eigenvalue weighted by Gasteiger charge is -2.07. The molecule has 0 aliphatic carbocycles. The van der Waals surface area contributed by atoms with E-state index in [0.29, 0.717) is 23.6 Å². The zero-order chi connectivity index (χ0) is 13.4. The predicted molar refractivity (Wildman–Crippen MR) is 73.1 cm³/mol. The van der Waals surface area contributed by atoms with E-state index in [0.717, 1.165) is 5.56 Å². The van der Waals surface area contributed by atoms with Crippen molar-refractivity contribution in [3.05, 3.63) is 30.8 Å². The van der Waals surface area contributed by atoms with Gasteiger partial charge < -0.3 is 14.5 Å². The van der Waals surface area contributed by atoms with Gasteiger partial charge in [0.05, 0.1) is 18.9 Å². The molecule has 0 saturated heterocycles. The van der Waals surface area contributed by atoms with Crippen LogP contribution in [-0.2, 0) is 4.79 Å². The second-order valence-electron chi connectivity index (χ2n) is 3.04. The Morgan fingerprint density at radius 2 is 2.22 bits per heavy atom. The third-order valence-electron chi connectivity index (χ3n) is 2.12. The van der Waals surface area contributed by atoms with Crippen molar-refractivity contribution in [1.82, 2.24) is 4.98 Å². The SMILES string of the molecule is COc1cc(NC=O)ccc1-c1cnco1.CS. The summed E-state index contributed by atoms with van der Waals surface area (Å²) in [6.07, 6.45) is 5.26. The van der Waals surface area contributed by atoms with Crippen molar-refractivity contribution in [1.29, 1.82) is 0 Å². The molecule has 2 rings (SSSR count). The van der Waals surface area contributed by atoms with Crippen molar-refractivity contribution >= 4 is 24.7 Å². The lowest BCUT2D eigenvalue weighted by atomic mass is 10.1. The molecule has 2 aromatic rings. The average molecular weight is 266 g/mol. The zero-order valence-electron chi connectivity index (χ0n) is 10.1. The molecule has 0 aliphatic heterocycles. The van der Waals surface area contributed by atoms with Gasteiger partial charge in [-0.25, -0.2) is 4.98 Å². The number of nitrogens with one attached hydrogen (secondary N) is 1. The summed E-state index contributed by atoms with van der Waals surface area (Å²) in [6, 6.07) is 5.27. The minimum atomic E-state index is 0.614. The monoisotopic (exact) mass is 266 g/mol. The van der Waals surface area contributed by atoms with Crippen LogP contribution in [0.5, 0.6) is 5.75 Å². The van der Waals surface area contributed by atoms with Crippen molar-refractivity contribution in [3.8, 4) is 17.1 Å². The van der Waals surface area contributed by atoms with E-state index in [1.807, 2.05) is 0 Å². The second kappa shape index (κ2) is 7.39. The van der Waals surface area contributed by atoms with Crippen LogP contribution in [0.3, 0.4) is 0 Å². The summed E-state index contributed by atoms with van der Waals surface area (Å²) >= 11 is 3.53. The van der Waals surface area contributed by atoms with Crippen molar-refractivity contribution in [2.45, 2.75) is 0 Å². The molecule has 96 valence electrons. The van der Waals surface area contributed by atoms with Crippen molar-refractivity contribution in [2.24, 2.45) is 0 Å². The van der Waals surface area contributed by atoms with Gasteiger partial charge in [0.25, 0.3) is 0 Å².